The molecule has 2 rings (SSSR count). The van der Waals surface area contributed by atoms with Gasteiger partial charge in [-0.3, -0.25) is 9.59 Å². The van der Waals surface area contributed by atoms with E-state index in [1.807, 2.05) is 6.92 Å². The van der Waals surface area contributed by atoms with Crippen LogP contribution in [0.2, 0.25) is 18.1 Å². The Balaban J connectivity index is 1.89. The molecule has 1 unspecified atom stereocenters. The first-order valence-corrected chi connectivity index (χ1v) is 12.6. The predicted octanol–water partition coefficient (Wildman–Crippen LogP) is 3.16. The Bertz CT molecular complexity index is 485. The SMILES string of the molecule is C[C@@H](O[Si](C)(C)C(C)(C)C)[C@H]1C(=O)N[C@@H]1SC(=O)CC1CCOC1. The number of carbonyl (C=O) groups excluding carboxylic acids is 2. The molecule has 0 spiro atoms. The van der Waals surface area contributed by atoms with E-state index in [0.717, 1.165) is 13.0 Å². The fraction of sp³-hybridized carbons (Fsp3) is 0.882. The van der Waals surface area contributed by atoms with Crippen molar-refractivity contribution in [3.8, 4) is 0 Å². The Morgan fingerprint density at radius 3 is 2.62 bits per heavy atom. The lowest BCUT2D eigenvalue weighted by molar-refractivity contribution is -0.136. The van der Waals surface area contributed by atoms with Crippen LogP contribution in [0, 0.1) is 11.8 Å². The molecule has 0 saturated carbocycles. The number of amides is 1. The molecule has 0 aromatic rings. The van der Waals surface area contributed by atoms with Crippen LogP contribution in [0.5, 0.6) is 0 Å². The molecule has 0 aliphatic carbocycles. The van der Waals surface area contributed by atoms with E-state index in [2.05, 4.69) is 39.2 Å². The Morgan fingerprint density at radius 2 is 2.12 bits per heavy atom. The van der Waals surface area contributed by atoms with E-state index >= 15 is 0 Å². The number of carbonyl (C=O) groups is 2. The first-order chi connectivity index (χ1) is 11.0. The molecule has 2 aliphatic rings. The Labute approximate surface area is 150 Å². The molecule has 2 saturated heterocycles. The minimum atomic E-state index is -1.93. The van der Waals surface area contributed by atoms with Crippen molar-refractivity contribution < 1.29 is 18.8 Å². The van der Waals surface area contributed by atoms with E-state index in [1.54, 1.807) is 0 Å². The largest absolute Gasteiger partial charge is 0.413 e. The fourth-order valence-electron chi connectivity index (χ4n) is 2.81. The topological polar surface area (TPSA) is 64.6 Å². The second-order valence-electron chi connectivity index (χ2n) is 8.46. The van der Waals surface area contributed by atoms with Crippen LogP contribution in [0.1, 0.15) is 40.5 Å². The highest BCUT2D eigenvalue weighted by Gasteiger charge is 2.48. The summed E-state index contributed by atoms with van der Waals surface area (Å²) in [7, 11) is -1.93. The average molecular weight is 374 g/mol. The van der Waals surface area contributed by atoms with Crippen LogP contribution in [-0.2, 0) is 18.8 Å². The van der Waals surface area contributed by atoms with E-state index < -0.39 is 8.32 Å². The van der Waals surface area contributed by atoms with Gasteiger partial charge in [0, 0.05) is 19.6 Å². The van der Waals surface area contributed by atoms with Crippen LogP contribution in [0.25, 0.3) is 0 Å². The number of rotatable bonds is 6. The zero-order valence-corrected chi connectivity index (χ0v) is 17.5. The summed E-state index contributed by atoms with van der Waals surface area (Å²) in [6.07, 6.45) is 1.32. The maximum atomic E-state index is 12.2. The summed E-state index contributed by atoms with van der Waals surface area (Å²) in [5.74, 6) is 0.0868. The highest BCUT2D eigenvalue weighted by atomic mass is 32.2. The third-order valence-electron chi connectivity index (χ3n) is 5.44. The Hall–Kier alpha value is -0.373. The molecule has 138 valence electrons. The van der Waals surface area contributed by atoms with Crippen molar-refractivity contribution in [3.63, 3.8) is 0 Å². The summed E-state index contributed by atoms with van der Waals surface area (Å²) in [5, 5.41) is 2.94. The lowest BCUT2D eigenvalue weighted by Crippen LogP contribution is -2.62. The third kappa shape index (κ3) is 4.62. The van der Waals surface area contributed by atoms with Gasteiger partial charge in [0.25, 0.3) is 0 Å². The molecule has 5 nitrogen and oxygen atoms in total. The van der Waals surface area contributed by atoms with Crippen LogP contribution in [0.3, 0.4) is 0 Å². The van der Waals surface area contributed by atoms with Crippen LogP contribution in [0.15, 0.2) is 0 Å². The van der Waals surface area contributed by atoms with E-state index in [0.29, 0.717) is 18.9 Å². The van der Waals surface area contributed by atoms with Crippen LogP contribution >= 0.6 is 11.8 Å². The standard InChI is InChI=1S/C17H31NO4SSi/c1-11(22-24(5,6)17(2,3)4)14-15(20)18-16(14)23-13(19)9-12-7-8-21-10-12/h11-12,14,16H,7-10H2,1-6H3,(H,18,20)/t11-,12?,14+,16-/m1/s1. The van der Waals surface area contributed by atoms with Gasteiger partial charge in [0.05, 0.1) is 17.4 Å². The monoisotopic (exact) mass is 373 g/mol. The van der Waals surface area contributed by atoms with Gasteiger partial charge < -0.3 is 14.5 Å². The van der Waals surface area contributed by atoms with Crippen molar-refractivity contribution in [2.45, 2.75) is 70.1 Å². The van der Waals surface area contributed by atoms with Gasteiger partial charge in [0.15, 0.2) is 13.4 Å². The predicted molar refractivity (Wildman–Crippen MR) is 99.3 cm³/mol. The van der Waals surface area contributed by atoms with Gasteiger partial charge in [-0.2, -0.15) is 0 Å². The van der Waals surface area contributed by atoms with Gasteiger partial charge in [-0.1, -0.05) is 32.5 Å². The molecule has 7 heteroatoms. The summed E-state index contributed by atoms with van der Waals surface area (Å²) in [6, 6.07) is 0. The zero-order valence-electron chi connectivity index (χ0n) is 15.7. The van der Waals surface area contributed by atoms with Crippen molar-refractivity contribution >= 4 is 31.1 Å². The molecule has 24 heavy (non-hydrogen) atoms. The van der Waals surface area contributed by atoms with Crippen molar-refractivity contribution in [3.05, 3.63) is 0 Å². The quantitative estimate of drug-likeness (QED) is 0.572. The van der Waals surface area contributed by atoms with Gasteiger partial charge in [-0.15, -0.1) is 0 Å². The van der Waals surface area contributed by atoms with Gasteiger partial charge in [-0.05, 0) is 37.4 Å². The summed E-state index contributed by atoms with van der Waals surface area (Å²) in [5.41, 5.74) is 0. The molecule has 0 aromatic heterocycles. The van der Waals surface area contributed by atoms with Crippen molar-refractivity contribution in [1.82, 2.24) is 5.32 Å². The van der Waals surface area contributed by atoms with E-state index in [1.165, 1.54) is 11.8 Å². The fourth-order valence-corrected chi connectivity index (χ4v) is 5.53. The van der Waals surface area contributed by atoms with Gasteiger partial charge in [0.1, 0.15) is 0 Å². The molecule has 0 aromatic carbocycles. The first-order valence-electron chi connectivity index (χ1n) is 8.76. The molecule has 2 aliphatic heterocycles. The van der Waals surface area contributed by atoms with Crippen molar-refractivity contribution in [2.24, 2.45) is 11.8 Å². The Morgan fingerprint density at radius 1 is 1.46 bits per heavy atom. The van der Waals surface area contributed by atoms with Gasteiger partial charge >= 0.3 is 0 Å². The molecular formula is C17H31NO4SSi. The maximum Gasteiger partial charge on any atom is 0.229 e. The molecule has 2 heterocycles. The van der Waals surface area contributed by atoms with Crippen LogP contribution in [-0.4, -0.2) is 44.0 Å². The molecule has 0 bridgehead atoms. The zero-order chi connectivity index (χ0) is 18.1. The van der Waals surface area contributed by atoms with Crippen LogP contribution in [0.4, 0.5) is 0 Å². The van der Waals surface area contributed by atoms with Gasteiger partial charge in [-0.25, -0.2) is 0 Å². The summed E-state index contributed by atoms with van der Waals surface area (Å²) < 4.78 is 11.7. The van der Waals surface area contributed by atoms with Crippen molar-refractivity contribution in [2.75, 3.05) is 13.2 Å². The highest BCUT2D eigenvalue weighted by molar-refractivity contribution is 8.14. The highest BCUT2D eigenvalue weighted by Crippen LogP contribution is 2.40. The second-order valence-corrected chi connectivity index (χ2v) is 14.4. The smallest absolute Gasteiger partial charge is 0.229 e. The van der Waals surface area contributed by atoms with Crippen molar-refractivity contribution in [1.29, 1.82) is 0 Å². The average Bonchev–Trinajstić information content (AvgIpc) is 2.88. The lowest BCUT2D eigenvalue weighted by Gasteiger charge is -2.44. The lowest BCUT2D eigenvalue weighted by atomic mass is 9.96. The molecule has 1 N–H and O–H groups in total. The minimum absolute atomic E-state index is 0.00397. The summed E-state index contributed by atoms with van der Waals surface area (Å²) >= 11 is 1.26. The third-order valence-corrected chi connectivity index (χ3v) is 11.1. The minimum Gasteiger partial charge on any atom is -0.413 e. The number of hydrogen-bond acceptors (Lipinski definition) is 5. The number of β-lactam (4-membered cyclic amide) rings is 1. The van der Waals surface area contributed by atoms with E-state index in [-0.39, 0.29) is 33.5 Å². The normalized spacial score (nSPS) is 29.1. The van der Waals surface area contributed by atoms with Crippen LogP contribution < -0.4 is 5.32 Å². The van der Waals surface area contributed by atoms with E-state index in [4.69, 9.17) is 9.16 Å². The summed E-state index contributed by atoms with van der Waals surface area (Å²) in [4.78, 5) is 24.3. The maximum absolute atomic E-state index is 12.2. The number of thioether (sulfide) groups is 1. The summed E-state index contributed by atoms with van der Waals surface area (Å²) in [6.45, 7) is 14.3. The molecule has 4 atom stereocenters. The molecule has 2 fully saturated rings. The Kier molecular flexibility index (Phi) is 6.21. The number of nitrogens with one attached hydrogen (secondary N) is 1. The molecular weight excluding hydrogens is 342 g/mol. The van der Waals surface area contributed by atoms with Gasteiger partial charge in [0.2, 0.25) is 5.91 Å². The number of ether oxygens (including phenoxy) is 1. The molecule has 0 radical (unpaired) electrons. The number of hydrogen-bond donors (Lipinski definition) is 1. The first kappa shape index (κ1) is 19.9. The second kappa shape index (κ2) is 7.48. The van der Waals surface area contributed by atoms with E-state index in [9.17, 15) is 9.59 Å². The molecule has 1 amide bonds.